The SMILES string of the molecule is CCOC(=O)CCN(C)CC(C)C(=O)NC. The van der Waals surface area contributed by atoms with E-state index in [0.717, 1.165) is 0 Å². The van der Waals surface area contributed by atoms with Gasteiger partial charge in [0.2, 0.25) is 5.91 Å². The van der Waals surface area contributed by atoms with E-state index >= 15 is 0 Å². The van der Waals surface area contributed by atoms with Crippen molar-refractivity contribution in [3.05, 3.63) is 0 Å². The van der Waals surface area contributed by atoms with E-state index in [0.29, 0.717) is 26.1 Å². The Morgan fingerprint density at radius 1 is 1.44 bits per heavy atom. The number of rotatable bonds is 7. The predicted octanol–water partition coefficient (Wildman–Crippen LogP) is 0.254. The smallest absolute Gasteiger partial charge is 0.307 e. The summed E-state index contributed by atoms with van der Waals surface area (Å²) in [6.07, 6.45) is 0.366. The van der Waals surface area contributed by atoms with E-state index in [-0.39, 0.29) is 17.8 Å². The predicted molar refractivity (Wildman–Crippen MR) is 62.0 cm³/mol. The average molecular weight is 230 g/mol. The highest BCUT2D eigenvalue weighted by Gasteiger charge is 2.14. The van der Waals surface area contributed by atoms with Crippen LogP contribution in [0.3, 0.4) is 0 Å². The molecule has 0 aromatic heterocycles. The lowest BCUT2D eigenvalue weighted by molar-refractivity contribution is -0.143. The molecule has 1 atom stereocenters. The molecule has 0 radical (unpaired) electrons. The lowest BCUT2D eigenvalue weighted by atomic mass is 10.1. The third-order valence-corrected chi connectivity index (χ3v) is 2.28. The zero-order valence-corrected chi connectivity index (χ0v) is 10.6. The van der Waals surface area contributed by atoms with Gasteiger partial charge in [0.1, 0.15) is 0 Å². The highest BCUT2D eigenvalue weighted by Crippen LogP contribution is 1.99. The third kappa shape index (κ3) is 6.40. The van der Waals surface area contributed by atoms with Crippen LogP contribution in [0.25, 0.3) is 0 Å². The van der Waals surface area contributed by atoms with E-state index in [4.69, 9.17) is 4.74 Å². The molecule has 16 heavy (non-hydrogen) atoms. The molecule has 0 saturated heterocycles. The molecule has 1 N–H and O–H groups in total. The highest BCUT2D eigenvalue weighted by atomic mass is 16.5. The summed E-state index contributed by atoms with van der Waals surface area (Å²) in [5, 5.41) is 2.60. The number of hydrogen-bond acceptors (Lipinski definition) is 4. The number of nitrogens with one attached hydrogen (secondary N) is 1. The second-order valence-electron chi connectivity index (χ2n) is 3.83. The fraction of sp³-hybridized carbons (Fsp3) is 0.818. The lowest BCUT2D eigenvalue weighted by Crippen LogP contribution is -2.35. The second-order valence-corrected chi connectivity index (χ2v) is 3.83. The van der Waals surface area contributed by atoms with Crippen molar-refractivity contribution < 1.29 is 14.3 Å². The van der Waals surface area contributed by atoms with Crippen LogP contribution < -0.4 is 5.32 Å². The number of hydrogen-bond donors (Lipinski definition) is 1. The molecule has 0 aromatic carbocycles. The molecule has 0 aliphatic rings. The van der Waals surface area contributed by atoms with Gasteiger partial charge in [0.15, 0.2) is 0 Å². The molecule has 0 aromatic rings. The number of carbonyl (C=O) groups is 2. The molecule has 0 aliphatic heterocycles. The van der Waals surface area contributed by atoms with E-state index in [1.807, 2.05) is 18.9 Å². The van der Waals surface area contributed by atoms with Crippen LogP contribution in [-0.4, -0.2) is 50.6 Å². The first kappa shape index (κ1) is 14.9. The first-order valence-corrected chi connectivity index (χ1v) is 5.57. The third-order valence-electron chi connectivity index (χ3n) is 2.28. The van der Waals surface area contributed by atoms with Crippen LogP contribution >= 0.6 is 0 Å². The molecule has 0 spiro atoms. The number of esters is 1. The van der Waals surface area contributed by atoms with E-state index in [2.05, 4.69) is 5.32 Å². The van der Waals surface area contributed by atoms with Crippen LogP contribution in [0.5, 0.6) is 0 Å². The molecule has 0 saturated carbocycles. The van der Waals surface area contributed by atoms with E-state index in [1.165, 1.54) is 0 Å². The highest BCUT2D eigenvalue weighted by molar-refractivity contribution is 5.78. The number of amides is 1. The summed E-state index contributed by atoms with van der Waals surface area (Å²) in [4.78, 5) is 24.3. The Balaban J connectivity index is 3.77. The Morgan fingerprint density at radius 2 is 2.06 bits per heavy atom. The van der Waals surface area contributed by atoms with Crippen molar-refractivity contribution in [2.45, 2.75) is 20.3 Å². The second kappa shape index (κ2) is 8.10. The van der Waals surface area contributed by atoms with Crippen LogP contribution in [0, 0.1) is 5.92 Å². The molecule has 5 heteroatoms. The first-order valence-electron chi connectivity index (χ1n) is 5.57. The Kier molecular flexibility index (Phi) is 7.54. The monoisotopic (exact) mass is 230 g/mol. The molecule has 0 heterocycles. The number of carbonyl (C=O) groups excluding carboxylic acids is 2. The van der Waals surface area contributed by atoms with E-state index in [1.54, 1.807) is 14.0 Å². The summed E-state index contributed by atoms with van der Waals surface area (Å²) < 4.78 is 4.82. The largest absolute Gasteiger partial charge is 0.466 e. The van der Waals surface area contributed by atoms with Gasteiger partial charge in [0, 0.05) is 26.1 Å². The Hall–Kier alpha value is -1.10. The normalized spacial score (nSPS) is 12.3. The minimum absolute atomic E-state index is 0.0167. The maximum absolute atomic E-state index is 11.3. The van der Waals surface area contributed by atoms with E-state index in [9.17, 15) is 9.59 Å². The Morgan fingerprint density at radius 3 is 2.56 bits per heavy atom. The molecular formula is C11H22N2O3. The first-order chi connectivity index (χ1) is 7.51. The van der Waals surface area contributed by atoms with Gasteiger partial charge in [0.25, 0.3) is 0 Å². The van der Waals surface area contributed by atoms with Crippen molar-refractivity contribution in [1.82, 2.24) is 10.2 Å². The van der Waals surface area contributed by atoms with Gasteiger partial charge >= 0.3 is 5.97 Å². The minimum atomic E-state index is -0.193. The summed E-state index contributed by atoms with van der Waals surface area (Å²) in [6.45, 7) is 5.31. The number of nitrogens with zero attached hydrogens (tertiary/aromatic N) is 1. The van der Waals surface area contributed by atoms with E-state index < -0.39 is 0 Å². The molecule has 1 amide bonds. The van der Waals surface area contributed by atoms with Crippen molar-refractivity contribution in [2.24, 2.45) is 5.92 Å². The minimum Gasteiger partial charge on any atom is -0.466 e. The zero-order chi connectivity index (χ0) is 12.6. The fourth-order valence-corrected chi connectivity index (χ4v) is 1.40. The lowest BCUT2D eigenvalue weighted by Gasteiger charge is -2.19. The fourth-order valence-electron chi connectivity index (χ4n) is 1.40. The topological polar surface area (TPSA) is 58.6 Å². The maximum Gasteiger partial charge on any atom is 0.307 e. The van der Waals surface area contributed by atoms with Crippen molar-refractivity contribution in [2.75, 3.05) is 33.8 Å². The van der Waals surface area contributed by atoms with Crippen LogP contribution in [0.15, 0.2) is 0 Å². The Bertz CT molecular complexity index is 231. The van der Waals surface area contributed by atoms with Crippen molar-refractivity contribution in [3.63, 3.8) is 0 Å². The Labute approximate surface area is 97.1 Å². The van der Waals surface area contributed by atoms with Crippen molar-refractivity contribution in [1.29, 1.82) is 0 Å². The van der Waals surface area contributed by atoms with Crippen molar-refractivity contribution in [3.8, 4) is 0 Å². The zero-order valence-electron chi connectivity index (χ0n) is 10.6. The van der Waals surface area contributed by atoms with Gasteiger partial charge in [0.05, 0.1) is 13.0 Å². The van der Waals surface area contributed by atoms with Gasteiger partial charge < -0.3 is 15.0 Å². The average Bonchev–Trinajstić information content (AvgIpc) is 2.25. The standard InChI is InChI=1S/C11H22N2O3/c1-5-16-10(14)6-7-13(4)8-9(2)11(15)12-3/h9H,5-8H2,1-4H3,(H,12,15). The van der Waals surface area contributed by atoms with Gasteiger partial charge in [-0.15, -0.1) is 0 Å². The molecule has 94 valence electrons. The molecular weight excluding hydrogens is 208 g/mol. The molecule has 1 unspecified atom stereocenters. The van der Waals surface area contributed by atoms with Crippen LogP contribution in [-0.2, 0) is 14.3 Å². The maximum atomic E-state index is 11.3. The molecule has 5 nitrogen and oxygen atoms in total. The summed E-state index contributed by atoms with van der Waals surface area (Å²) in [6, 6.07) is 0. The summed E-state index contributed by atoms with van der Waals surface area (Å²) >= 11 is 0. The van der Waals surface area contributed by atoms with Crippen molar-refractivity contribution >= 4 is 11.9 Å². The molecule has 0 rings (SSSR count). The summed E-state index contributed by atoms with van der Waals surface area (Å²) in [5.41, 5.74) is 0. The van der Waals surface area contributed by atoms with Crippen LogP contribution in [0.2, 0.25) is 0 Å². The molecule has 0 bridgehead atoms. The van der Waals surface area contributed by atoms with Gasteiger partial charge in [-0.05, 0) is 14.0 Å². The molecule has 0 fully saturated rings. The van der Waals surface area contributed by atoms with Gasteiger partial charge in [-0.3, -0.25) is 9.59 Å². The van der Waals surface area contributed by atoms with Crippen LogP contribution in [0.4, 0.5) is 0 Å². The quantitative estimate of drug-likeness (QED) is 0.637. The van der Waals surface area contributed by atoms with Gasteiger partial charge in [-0.1, -0.05) is 6.92 Å². The van der Waals surface area contributed by atoms with Gasteiger partial charge in [-0.25, -0.2) is 0 Å². The number of ether oxygens (including phenoxy) is 1. The van der Waals surface area contributed by atoms with Crippen LogP contribution in [0.1, 0.15) is 20.3 Å². The summed E-state index contributed by atoms with van der Waals surface area (Å²) in [5.74, 6) is -0.248. The molecule has 0 aliphatic carbocycles. The van der Waals surface area contributed by atoms with Gasteiger partial charge in [-0.2, -0.15) is 0 Å². The summed E-state index contributed by atoms with van der Waals surface area (Å²) in [7, 11) is 3.51.